The van der Waals surface area contributed by atoms with Gasteiger partial charge in [0.05, 0.1) is 23.1 Å². The van der Waals surface area contributed by atoms with Gasteiger partial charge in [-0.3, -0.25) is 0 Å². The van der Waals surface area contributed by atoms with Crippen LogP contribution in [-0.4, -0.2) is 32.3 Å². The first kappa shape index (κ1) is 28.2. The predicted molar refractivity (Wildman–Crippen MR) is 152 cm³/mol. The van der Waals surface area contributed by atoms with Crippen LogP contribution in [0.25, 0.3) is 10.4 Å². The highest BCUT2D eigenvalue weighted by atomic mass is 79.9. The van der Waals surface area contributed by atoms with Crippen molar-refractivity contribution in [1.82, 2.24) is 0 Å². The van der Waals surface area contributed by atoms with Gasteiger partial charge in [-0.15, -0.1) is 11.3 Å². The SMILES string of the molecule is CCOC(=O)COc1c(C(=O)OC)sc(-c2ccc(OCc3ccccc3)c(OCc3ccccc3)c2)c1Br. The first-order valence-corrected chi connectivity index (χ1v) is 13.8. The van der Waals surface area contributed by atoms with Gasteiger partial charge in [-0.25, -0.2) is 9.59 Å². The molecular weight excluding hydrogens is 584 g/mol. The molecule has 0 aliphatic heterocycles. The number of benzene rings is 3. The highest BCUT2D eigenvalue weighted by Gasteiger charge is 2.26. The number of hydrogen-bond acceptors (Lipinski definition) is 8. The average Bonchev–Trinajstić information content (AvgIpc) is 3.30. The topological polar surface area (TPSA) is 80.3 Å². The van der Waals surface area contributed by atoms with E-state index in [0.29, 0.717) is 34.1 Å². The summed E-state index contributed by atoms with van der Waals surface area (Å²) in [4.78, 5) is 25.3. The van der Waals surface area contributed by atoms with Crippen LogP contribution in [-0.2, 0) is 27.5 Å². The lowest BCUT2D eigenvalue weighted by Gasteiger charge is -2.14. The molecule has 202 valence electrons. The van der Waals surface area contributed by atoms with Gasteiger partial charge in [0.2, 0.25) is 0 Å². The largest absolute Gasteiger partial charge is 0.485 e. The van der Waals surface area contributed by atoms with Crippen LogP contribution >= 0.6 is 27.3 Å². The Morgan fingerprint density at radius 3 is 2.03 bits per heavy atom. The molecule has 0 spiro atoms. The lowest BCUT2D eigenvalue weighted by Crippen LogP contribution is -2.15. The Hall–Kier alpha value is -3.82. The van der Waals surface area contributed by atoms with Crippen LogP contribution in [0.4, 0.5) is 0 Å². The van der Waals surface area contributed by atoms with Crippen molar-refractivity contribution in [3.8, 4) is 27.7 Å². The van der Waals surface area contributed by atoms with Crippen LogP contribution in [0, 0.1) is 0 Å². The molecule has 0 fully saturated rings. The fourth-order valence-electron chi connectivity index (χ4n) is 3.62. The molecule has 1 aromatic heterocycles. The summed E-state index contributed by atoms with van der Waals surface area (Å²) in [6, 6.07) is 25.3. The first-order valence-electron chi connectivity index (χ1n) is 12.2. The fraction of sp³-hybridized carbons (Fsp3) is 0.200. The zero-order chi connectivity index (χ0) is 27.6. The van der Waals surface area contributed by atoms with Gasteiger partial charge < -0.3 is 23.7 Å². The summed E-state index contributed by atoms with van der Waals surface area (Å²) in [5.74, 6) is 0.226. The van der Waals surface area contributed by atoms with Gasteiger partial charge in [0.1, 0.15) is 13.2 Å². The summed E-state index contributed by atoms with van der Waals surface area (Å²) < 4.78 is 28.4. The molecule has 0 radical (unpaired) electrons. The molecule has 0 N–H and O–H groups in total. The van der Waals surface area contributed by atoms with Crippen molar-refractivity contribution in [3.05, 3.63) is 99.3 Å². The minimum Gasteiger partial charge on any atom is -0.485 e. The van der Waals surface area contributed by atoms with E-state index in [1.54, 1.807) is 6.92 Å². The second-order valence-electron chi connectivity index (χ2n) is 8.20. The van der Waals surface area contributed by atoms with Crippen LogP contribution in [0.5, 0.6) is 17.2 Å². The van der Waals surface area contributed by atoms with Crippen molar-refractivity contribution in [2.75, 3.05) is 20.3 Å². The van der Waals surface area contributed by atoms with Gasteiger partial charge >= 0.3 is 11.9 Å². The second-order valence-corrected chi connectivity index (χ2v) is 10.0. The van der Waals surface area contributed by atoms with Gasteiger partial charge in [-0.05, 0) is 57.7 Å². The van der Waals surface area contributed by atoms with Crippen molar-refractivity contribution in [2.24, 2.45) is 0 Å². The van der Waals surface area contributed by atoms with Crippen LogP contribution in [0.2, 0.25) is 0 Å². The number of hydrogen-bond donors (Lipinski definition) is 0. The minimum atomic E-state index is -0.575. The number of esters is 2. The molecule has 0 aliphatic rings. The molecule has 4 rings (SSSR count). The number of halogens is 1. The van der Waals surface area contributed by atoms with E-state index in [9.17, 15) is 9.59 Å². The third-order valence-electron chi connectivity index (χ3n) is 5.50. The smallest absolute Gasteiger partial charge is 0.351 e. The molecule has 0 aliphatic carbocycles. The molecule has 0 bridgehead atoms. The average molecular weight is 612 g/mol. The van der Waals surface area contributed by atoms with E-state index in [1.807, 2.05) is 78.9 Å². The molecule has 1 heterocycles. The Kier molecular flexibility index (Phi) is 9.99. The Morgan fingerprint density at radius 1 is 0.821 bits per heavy atom. The zero-order valence-corrected chi connectivity index (χ0v) is 23.9. The van der Waals surface area contributed by atoms with Crippen molar-refractivity contribution < 1.29 is 33.3 Å². The van der Waals surface area contributed by atoms with Crippen LogP contribution in [0.1, 0.15) is 27.7 Å². The van der Waals surface area contributed by atoms with Crippen molar-refractivity contribution in [3.63, 3.8) is 0 Å². The van der Waals surface area contributed by atoms with E-state index in [2.05, 4.69) is 15.9 Å². The van der Waals surface area contributed by atoms with Crippen molar-refractivity contribution in [2.45, 2.75) is 20.1 Å². The highest BCUT2D eigenvalue weighted by Crippen LogP contribution is 2.47. The number of ether oxygens (including phenoxy) is 5. The Balaban J connectivity index is 1.66. The summed E-state index contributed by atoms with van der Waals surface area (Å²) in [6.07, 6.45) is 0. The first-order chi connectivity index (χ1) is 19.0. The zero-order valence-electron chi connectivity index (χ0n) is 21.5. The maximum Gasteiger partial charge on any atom is 0.351 e. The third kappa shape index (κ3) is 7.40. The van der Waals surface area contributed by atoms with E-state index in [0.717, 1.165) is 16.7 Å². The fourth-order valence-corrected chi connectivity index (χ4v) is 5.59. The standard InChI is InChI=1S/C30H27BrO7S/c1-3-35-25(32)19-38-27-26(31)28(39-29(27)30(33)34-2)22-14-15-23(36-17-20-10-6-4-7-11-20)24(16-22)37-18-21-12-8-5-9-13-21/h4-16H,3,17-19H2,1-2H3. The van der Waals surface area contributed by atoms with Gasteiger partial charge in [-0.1, -0.05) is 60.7 Å². The van der Waals surface area contributed by atoms with Crippen LogP contribution in [0.15, 0.2) is 83.3 Å². The maximum absolute atomic E-state index is 12.5. The molecule has 9 heteroatoms. The van der Waals surface area contributed by atoms with E-state index in [4.69, 9.17) is 23.7 Å². The monoisotopic (exact) mass is 610 g/mol. The van der Waals surface area contributed by atoms with E-state index >= 15 is 0 Å². The summed E-state index contributed by atoms with van der Waals surface area (Å²) in [7, 11) is 1.29. The number of methoxy groups -OCH3 is 1. The van der Waals surface area contributed by atoms with Gasteiger partial charge in [0, 0.05) is 0 Å². The molecule has 3 aromatic carbocycles. The van der Waals surface area contributed by atoms with Crippen molar-refractivity contribution in [1.29, 1.82) is 0 Å². The molecule has 4 aromatic rings. The Morgan fingerprint density at radius 2 is 1.44 bits per heavy atom. The third-order valence-corrected chi connectivity index (χ3v) is 7.72. The molecule has 0 saturated carbocycles. The van der Waals surface area contributed by atoms with Gasteiger partial charge in [0.25, 0.3) is 0 Å². The lowest BCUT2D eigenvalue weighted by atomic mass is 10.1. The van der Waals surface area contributed by atoms with Gasteiger partial charge in [-0.2, -0.15) is 0 Å². The van der Waals surface area contributed by atoms with Crippen molar-refractivity contribution >= 4 is 39.2 Å². The molecular formula is C30H27BrO7S. The summed E-state index contributed by atoms with van der Waals surface area (Å²) in [5, 5.41) is 0. The quantitative estimate of drug-likeness (QED) is 0.159. The van der Waals surface area contributed by atoms with E-state index < -0.39 is 11.9 Å². The lowest BCUT2D eigenvalue weighted by molar-refractivity contribution is -0.145. The Bertz CT molecular complexity index is 1400. The molecule has 0 unspecified atom stereocenters. The molecule has 0 saturated heterocycles. The number of rotatable bonds is 12. The summed E-state index contributed by atoms with van der Waals surface area (Å²) in [6.45, 7) is 2.32. The Labute approximate surface area is 239 Å². The minimum absolute atomic E-state index is 0.214. The summed E-state index contributed by atoms with van der Waals surface area (Å²) in [5.41, 5.74) is 2.80. The number of thiophene rings is 1. The van der Waals surface area contributed by atoms with Crippen LogP contribution < -0.4 is 14.2 Å². The van der Waals surface area contributed by atoms with Gasteiger partial charge in [0.15, 0.2) is 28.7 Å². The van der Waals surface area contributed by atoms with E-state index in [-0.39, 0.29) is 23.8 Å². The predicted octanol–water partition coefficient (Wildman–Crippen LogP) is 7.06. The number of carbonyl (C=O) groups is 2. The molecule has 39 heavy (non-hydrogen) atoms. The van der Waals surface area contributed by atoms with Crippen LogP contribution in [0.3, 0.4) is 0 Å². The summed E-state index contributed by atoms with van der Waals surface area (Å²) >= 11 is 4.74. The maximum atomic E-state index is 12.5. The molecule has 0 amide bonds. The number of carbonyl (C=O) groups excluding carboxylic acids is 2. The normalized spacial score (nSPS) is 10.5. The second kappa shape index (κ2) is 13.8. The van der Waals surface area contributed by atoms with E-state index in [1.165, 1.54) is 18.4 Å². The molecule has 7 nitrogen and oxygen atoms in total. The highest BCUT2D eigenvalue weighted by molar-refractivity contribution is 9.10. The molecule has 0 atom stereocenters.